The van der Waals surface area contributed by atoms with Gasteiger partial charge in [0.05, 0.1) is 7.11 Å². The molecule has 9 nitrogen and oxygen atoms in total. The third kappa shape index (κ3) is 9.90. The number of hydrogen-bond acceptors (Lipinski definition) is 8. The molecule has 250 valence electrons. The summed E-state index contributed by atoms with van der Waals surface area (Å²) in [5.74, 6) is -0.539. The molecule has 0 saturated heterocycles. The summed E-state index contributed by atoms with van der Waals surface area (Å²) in [6.07, 6.45) is 14.4. The van der Waals surface area contributed by atoms with Crippen LogP contribution in [0.25, 0.3) is 0 Å². The third-order valence-electron chi connectivity index (χ3n) is 9.46. The molecule has 3 atom stereocenters. The van der Waals surface area contributed by atoms with E-state index in [4.69, 9.17) is 10.5 Å². The number of nitrogen functional groups attached to an aromatic ring is 1. The number of Topliss-reactive ketones (excluding diaryl/α,β-unsaturated/α-hetero) is 2. The number of aliphatic hydroxyl groups is 2. The number of ether oxygens (including phenoxy) is 1. The number of carbonyl (C=O) groups is 2. The number of unbranched alkanes of at least 4 members (excludes halogenated alkanes) is 3. The number of phenols is 1. The lowest BCUT2D eigenvalue weighted by molar-refractivity contribution is -0.138. The topological polar surface area (TPSA) is 157 Å². The summed E-state index contributed by atoms with van der Waals surface area (Å²) >= 11 is 0. The standard InChI is InChI=1S/C37H50N3O6/c1-46-33-21-26(15-16-32(43)37(45)31(42)14-8-3-2-5-10-25-11-6-4-7-12-25)20-30(36(33)44)35(27-17-19-40-34(38)23-27)28(24-41)22-29-13-9-18-39-29/h9,13,17-21,23,25,28,35,37,41,44-45H,2-8,10-12,14-16,22,24H2,1H3,(H2,38,40)/q-1. The number of aryl methyl sites for hydroxylation is 1. The van der Waals surface area contributed by atoms with Gasteiger partial charge in [0.15, 0.2) is 29.2 Å². The van der Waals surface area contributed by atoms with E-state index < -0.39 is 23.6 Å². The number of aromatic nitrogens is 2. The van der Waals surface area contributed by atoms with E-state index in [1.807, 2.05) is 12.1 Å². The van der Waals surface area contributed by atoms with Crippen molar-refractivity contribution in [3.8, 4) is 11.5 Å². The lowest BCUT2D eigenvalue weighted by Gasteiger charge is -2.29. The summed E-state index contributed by atoms with van der Waals surface area (Å²) in [7, 11) is 1.45. The van der Waals surface area contributed by atoms with Gasteiger partial charge in [-0.15, -0.1) is 0 Å². The number of aromatic hydroxyl groups is 1. The van der Waals surface area contributed by atoms with Crippen molar-refractivity contribution >= 4 is 17.4 Å². The Bertz CT molecular complexity index is 1390. The molecule has 0 bridgehead atoms. The van der Waals surface area contributed by atoms with E-state index in [0.29, 0.717) is 29.8 Å². The Morgan fingerprint density at radius 2 is 1.80 bits per heavy atom. The zero-order valence-corrected chi connectivity index (χ0v) is 27.1. The number of nitrogens with zero attached hydrogens (tertiary/aromatic N) is 2. The fraction of sp³-hybridized carbons (Fsp3) is 0.541. The number of aliphatic hydroxyl groups excluding tert-OH is 2. The molecular weight excluding hydrogens is 582 g/mol. The Morgan fingerprint density at radius 3 is 2.50 bits per heavy atom. The van der Waals surface area contributed by atoms with E-state index in [-0.39, 0.29) is 43.3 Å². The monoisotopic (exact) mass is 632 g/mol. The zero-order chi connectivity index (χ0) is 32.9. The van der Waals surface area contributed by atoms with Gasteiger partial charge in [0.25, 0.3) is 0 Å². The minimum Gasteiger partial charge on any atom is -0.668 e. The Morgan fingerprint density at radius 1 is 1.04 bits per heavy atom. The molecule has 4 rings (SSSR count). The van der Waals surface area contributed by atoms with Crippen LogP contribution in [0.5, 0.6) is 11.5 Å². The minimum atomic E-state index is -1.64. The van der Waals surface area contributed by atoms with Crippen molar-refractivity contribution in [2.75, 3.05) is 19.5 Å². The van der Waals surface area contributed by atoms with E-state index in [2.05, 4.69) is 9.97 Å². The maximum absolute atomic E-state index is 12.9. The van der Waals surface area contributed by atoms with Crippen molar-refractivity contribution in [3.05, 3.63) is 71.2 Å². The van der Waals surface area contributed by atoms with Crippen molar-refractivity contribution < 1.29 is 29.6 Å². The molecule has 5 N–H and O–H groups in total. The molecule has 0 amide bonds. The van der Waals surface area contributed by atoms with E-state index in [9.17, 15) is 24.9 Å². The van der Waals surface area contributed by atoms with Crippen LogP contribution in [0.3, 0.4) is 0 Å². The molecule has 2 heterocycles. The molecule has 1 aromatic carbocycles. The molecule has 46 heavy (non-hydrogen) atoms. The lowest BCUT2D eigenvalue weighted by atomic mass is 9.78. The first-order chi connectivity index (χ1) is 22.3. The predicted molar refractivity (Wildman–Crippen MR) is 178 cm³/mol. The van der Waals surface area contributed by atoms with Crippen LogP contribution in [0.2, 0.25) is 0 Å². The van der Waals surface area contributed by atoms with Gasteiger partial charge in [-0.2, -0.15) is 11.9 Å². The van der Waals surface area contributed by atoms with Gasteiger partial charge in [0.2, 0.25) is 0 Å². The number of phenolic OH excluding ortho intramolecular Hbond substituents is 1. The van der Waals surface area contributed by atoms with Gasteiger partial charge in [-0.3, -0.25) is 9.59 Å². The summed E-state index contributed by atoms with van der Waals surface area (Å²) in [5.41, 5.74) is 8.76. The highest BCUT2D eigenvalue weighted by Crippen LogP contribution is 2.43. The second kappa shape index (κ2) is 17.9. The number of methoxy groups -OCH3 is 1. The van der Waals surface area contributed by atoms with Crippen LogP contribution in [-0.4, -0.2) is 51.7 Å². The highest BCUT2D eigenvalue weighted by molar-refractivity contribution is 6.05. The highest BCUT2D eigenvalue weighted by Gasteiger charge is 2.29. The Labute approximate surface area is 272 Å². The summed E-state index contributed by atoms with van der Waals surface area (Å²) in [6, 6.07) is 10.7. The van der Waals surface area contributed by atoms with E-state index in [1.165, 1.54) is 52.1 Å². The maximum Gasteiger partial charge on any atom is 0.170 e. The molecule has 2 aromatic heterocycles. The molecule has 1 aliphatic rings. The van der Waals surface area contributed by atoms with Crippen molar-refractivity contribution in [2.24, 2.45) is 11.8 Å². The Kier molecular flexibility index (Phi) is 13.7. The van der Waals surface area contributed by atoms with E-state index >= 15 is 0 Å². The second-order valence-electron chi connectivity index (χ2n) is 12.8. The van der Waals surface area contributed by atoms with Crippen LogP contribution < -0.4 is 15.5 Å². The number of ketones is 2. The van der Waals surface area contributed by atoms with Crippen LogP contribution >= 0.6 is 0 Å². The van der Waals surface area contributed by atoms with E-state index in [1.54, 1.807) is 36.7 Å². The van der Waals surface area contributed by atoms with Gasteiger partial charge < -0.3 is 30.8 Å². The summed E-state index contributed by atoms with van der Waals surface area (Å²) in [4.78, 5) is 34.0. The number of nitrogens with two attached hydrogens (primary N) is 1. The average Bonchev–Trinajstić information content (AvgIpc) is 3.59. The first-order valence-corrected chi connectivity index (χ1v) is 16.8. The van der Waals surface area contributed by atoms with Gasteiger partial charge in [-0.05, 0) is 60.4 Å². The van der Waals surface area contributed by atoms with Crippen LogP contribution in [-0.2, 0) is 22.4 Å². The molecule has 1 saturated carbocycles. The Hall–Kier alpha value is -3.69. The number of anilines is 1. The fourth-order valence-electron chi connectivity index (χ4n) is 6.89. The van der Waals surface area contributed by atoms with Crippen LogP contribution in [0.4, 0.5) is 5.82 Å². The summed E-state index contributed by atoms with van der Waals surface area (Å²) in [6.45, 7) is -0.195. The highest BCUT2D eigenvalue weighted by atomic mass is 16.5. The second-order valence-corrected chi connectivity index (χ2v) is 12.8. The van der Waals surface area contributed by atoms with Crippen molar-refractivity contribution in [2.45, 2.75) is 102 Å². The van der Waals surface area contributed by atoms with Crippen LogP contribution in [0.1, 0.15) is 105 Å². The number of pyridine rings is 1. The van der Waals surface area contributed by atoms with E-state index in [0.717, 1.165) is 30.0 Å². The predicted octanol–water partition coefficient (Wildman–Crippen LogP) is 5.67. The minimum absolute atomic E-state index is 0.0462. The SMILES string of the molecule is COc1cc(CCC(=O)C(O)C(=O)CCCCCCC2CCCCC2)cc(C(c2ccnc(N)c2)C(CO)Cc2ccc[n-]2)c1O. The zero-order valence-electron chi connectivity index (χ0n) is 27.1. The quantitative estimate of drug-likeness (QED) is 0.0965. The van der Waals surface area contributed by atoms with Gasteiger partial charge in [-0.1, -0.05) is 76.0 Å². The molecule has 1 fully saturated rings. The molecule has 1 aliphatic carbocycles. The fourth-order valence-corrected chi connectivity index (χ4v) is 6.89. The molecule has 0 radical (unpaired) electrons. The number of rotatable bonds is 19. The third-order valence-corrected chi connectivity index (χ3v) is 9.46. The van der Waals surface area contributed by atoms with Gasteiger partial charge in [0.1, 0.15) is 5.82 Å². The number of hydrogen-bond donors (Lipinski definition) is 4. The normalized spacial score (nSPS) is 15.7. The van der Waals surface area contributed by atoms with Gasteiger partial charge >= 0.3 is 0 Å². The molecule has 0 spiro atoms. The molecule has 3 unspecified atom stereocenters. The first-order valence-electron chi connectivity index (χ1n) is 16.8. The largest absolute Gasteiger partial charge is 0.668 e. The number of benzene rings is 1. The molecule has 9 heteroatoms. The van der Waals surface area contributed by atoms with Crippen LogP contribution in [0.15, 0.2) is 48.8 Å². The molecule has 0 aliphatic heterocycles. The van der Waals surface area contributed by atoms with Crippen molar-refractivity contribution in [1.82, 2.24) is 9.97 Å². The van der Waals surface area contributed by atoms with Gasteiger partial charge in [-0.25, -0.2) is 4.98 Å². The Balaban J connectivity index is 1.40. The van der Waals surface area contributed by atoms with Crippen molar-refractivity contribution in [3.63, 3.8) is 0 Å². The maximum atomic E-state index is 12.9. The van der Waals surface area contributed by atoms with Crippen molar-refractivity contribution in [1.29, 1.82) is 0 Å². The molecular formula is C37H50N3O6-. The summed E-state index contributed by atoms with van der Waals surface area (Å²) < 4.78 is 5.50. The molecule has 3 aromatic rings. The van der Waals surface area contributed by atoms with Gasteiger partial charge in [0, 0.05) is 37.1 Å². The number of carbonyl (C=O) groups excluding carboxylic acids is 2. The smallest absolute Gasteiger partial charge is 0.170 e. The first kappa shape index (κ1) is 35.2. The summed E-state index contributed by atoms with van der Waals surface area (Å²) in [5, 5.41) is 32.3. The lowest BCUT2D eigenvalue weighted by Crippen LogP contribution is -2.30. The van der Waals surface area contributed by atoms with Crippen LogP contribution in [0, 0.1) is 11.8 Å². The average molecular weight is 633 g/mol.